The summed E-state index contributed by atoms with van der Waals surface area (Å²) in [5.41, 5.74) is 2.79. The number of nitrogens with zero attached hydrogens (tertiary/aromatic N) is 5. The molecule has 1 amide bonds. The molecule has 1 saturated heterocycles. The average Bonchev–Trinajstić information content (AvgIpc) is 3.17. The van der Waals surface area contributed by atoms with Crippen molar-refractivity contribution in [1.82, 2.24) is 19.5 Å². The number of aryl methyl sites for hydroxylation is 1. The first-order chi connectivity index (χ1) is 11.7. The van der Waals surface area contributed by atoms with Crippen LogP contribution < -0.4 is 4.90 Å². The Hall–Kier alpha value is -2.41. The lowest BCUT2D eigenvalue weighted by molar-refractivity contribution is 0.0767. The van der Waals surface area contributed by atoms with E-state index < -0.39 is 0 Å². The summed E-state index contributed by atoms with van der Waals surface area (Å²) < 4.78 is 1.87. The molecule has 1 fully saturated rings. The third-order valence-electron chi connectivity index (χ3n) is 4.34. The second-order valence-electron chi connectivity index (χ2n) is 6.01. The van der Waals surface area contributed by atoms with Crippen molar-refractivity contribution in [2.24, 2.45) is 0 Å². The van der Waals surface area contributed by atoms with Gasteiger partial charge in [0.05, 0.1) is 11.3 Å². The van der Waals surface area contributed by atoms with Gasteiger partial charge in [-0.1, -0.05) is 0 Å². The number of thiophene rings is 1. The van der Waals surface area contributed by atoms with Gasteiger partial charge in [-0.15, -0.1) is 0 Å². The van der Waals surface area contributed by atoms with E-state index in [2.05, 4.69) is 21.0 Å². The van der Waals surface area contributed by atoms with Crippen molar-refractivity contribution in [2.75, 3.05) is 31.1 Å². The number of hydrogen-bond acceptors (Lipinski definition) is 5. The Kier molecular flexibility index (Phi) is 3.93. The van der Waals surface area contributed by atoms with Crippen molar-refractivity contribution in [3.05, 3.63) is 46.5 Å². The van der Waals surface area contributed by atoms with Gasteiger partial charge in [-0.25, -0.2) is 9.50 Å². The molecule has 0 saturated carbocycles. The average molecular weight is 341 g/mol. The Morgan fingerprint density at radius 2 is 2.17 bits per heavy atom. The third kappa shape index (κ3) is 2.75. The molecule has 3 aromatic heterocycles. The first-order valence-electron chi connectivity index (χ1n) is 8.10. The zero-order valence-corrected chi connectivity index (χ0v) is 14.4. The summed E-state index contributed by atoms with van der Waals surface area (Å²) in [6.07, 6.45) is 4.59. The zero-order valence-electron chi connectivity index (χ0n) is 13.6. The smallest absolute Gasteiger partial charge is 0.254 e. The van der Waals surface area contributed by atoms with E-state index in [1.807, 2.05) is 39.4 Å². The Morgan fingerprint density at radius 3 is 3.00 bits per heavy atom. The lowest BCUT2D eigenvalue weighted by Gasteiger charge is -2.23. The monoisotopic (exact) mass is 341 g/mol. The van der Waals surface area contributed by atoms with Crippen LogP contribution in [0.3, 0.4) is 0 Å². The van der Waals surface area contributed by atoms with Gasteiger partial charge in [0.15, 0.2) is 5.82 Å². The molecule has 0 spiro atoms. The maximum absolute atomic E-state index is 12.6. The zero-order chi connectivity index (χ0) is 16.5. The van der Waals surface area contributed by atoms with Crippen LogP contribution in [0.1, 0.15) is 22.5 Å². The minimum absolute atomic E-state index is 0.129. The summed E-state index contributed by atoms with van der Waals surface area (Å²) in [5.74, 6) is 1.08. The number of carbonyl (C=O) groups is 1. The van der Waals surface area contributed by atoms with Crippen LogP contribution >= 0.6 is 11.3 Å². The third-order valence-corrected chi connectivity index (χ3v) is 5.03. The van der Waals surface area contributed by atoms with Gasteiger partial charge in [-0.05, 0) is 30.9 Å². The van der Waals surface area contributed by atoms with Crippen LogP contribution in [0.5, 0.6) is 0 Å². The quantitative estimate of drug-likeness (QED) is 0.718. The molecule has 7 heteroatoms. The molecule has 0 bridgehead atoms. The number of amides is 1. The fourth-order valence-electron chi connectivity index (χ4n) is 3.18. The highest BCUT2D eigenvalue weighted by Crippen LogP contribution is 2.21. The van der Waals surface area contributed by atoms with E-state index in [9.17, 15) is 4.79 Å². The van der Waals surface area contributed by atoms with E-state index in [-0.39, 0.29) is 5.91 Å². The minimum Gasteiger partial charge on any atom is -0.353 e. The van der Waals surface area contributed by atoms with Crippen molar-refractivity contribution in [2.45, 2.75) is 13.3 Å². The molecule has 124 valence electrons. The van der Waals surface area contributed by atoms with Gasteiger partial charge < -0.3 is 9.80 Å². The molecule has 6 nitrogen and oxygen atoms in total. The number of anilines is 1. The highest BCUT2D eigenvalue weighted by Gasteiger charge is 2.22. The Morgan fingerprint density at radius 1 is 1.25 bits per heavy atom. The van der Waals surface area contributed by atoms with E-state index in [1.165, 1.54) is 0 Å². The van der Waals surface area contributed by atoms with Crippen LogP contribution in [-0.2, 0) is 0 Å². The normalized spacial score (nSPS) is 15.7. The topological polar surface area (TPSA) is 53.7 Å². The van der Waals surface area contributed by atoms with E-state index in [4.69, 9.17) is 0 Å². The first-order valence-corrected chi connectivity index (χ1v) is 9.04. The van der Waals surface area contributed by atoms with Crippen LogP contribution in [0.25, 0.3) is 5.52 Å². The van der Waals surface area contributed by atoms with E-state index >= 15 is 0 Å². The van der Waals surface area contributed by atoms with E-state index in [0.717, 1.165) is 48.6 Å². The number of aromatic nitrogens is 3. The lowest BCUT2D eigenvalue weighted by Crippen LogP contribution is -2.35. The largest absolute Gasteiger partial charge is 0.353 e. The molecule has 24 heavy (non-hydrogen) atoms. The van der Waals surface area contributed by atoms with Crippen molar-refractivity contribution in [1.29, 1.82) is 0 Å². The van der Waals surface area contributed by atoms with Gasteiger partial charge in [-0.2, -0.15) is 16.4 Å². The summed E-state index contributed by atoms with van der Waals surface area (Å²) in [4.78, 5) is 21.3. The Labute approximate surface area is 144 Å². The van der Waals surface area contributed by atoms with Gasteiger partial charge in [0.1, 0.15) is 5.52 Å². The number of carbonyl (C=O) groups excluding carboxylic acids is 1. The molecular formula is C17H19N5OS. The van der Waals surface area contributed by atoms with Crippen molar-refractivity contribution < 1.29 is 4.79 Å². The number of rotatable bonds is 2. The van der Waals surface area contributed by atoms with Crippen molar-refractivity contribution in [3.8, 4) is 0 Å². The SMILES string of the molecule is Cc1cc2c(N3CCCN(C(=O)c4ccsc4)CC3)nccn2n1. The molecule has 0 unspecified atom stereocenters. The molecule has 0 radical (unpaired) electrons. The van der Waals surface area contributed by atoms with Gasteiger partial charge >= 0.3 is 0 Å². The molecule has 1 aliphatic rings. The van der Waals surface area contributed by atoms with E-state index in [1.54, 1.807) is 17.5 Å². The molecule has 0 aromatic carbocycles. The molecule has 4 rings (SSSR count). The van der Waals surface area contributed by atoms with Gasteiger partial charge in [0.25, 0.3) is 5.91 Å². The molecule has 0 atom stereocenters. The fourth-order valence-corrected chi connectivity index (χ4v) is 3.80. The number of hydrogen-bond donors (Lipinski definition) is 0. The summed E-state index contributed by atoms with van der Waals surface area (Å²) >= 11 is 1.56. The highest BCUT2D eigenvalue weighted by molar-refractivity contribution is 7.08. The maximum atomic E-state index is 12.6. The molecule has 1 aliphatic heterocycles. The maximum Gasteiger partial charge on any atom is 0.254 e. The van der Waals surface area contributed by atoms with Crippen LogP contribution in [0.15, 0.2) is 35.3 Å². The predicted molar refractivity (Wildman–Crippen MR) is 94.8 cm³/mol. The summed E-state index contributed by atoms with van der Waals surface area (Å²) in [7, 11) is 0. The fraction of sp³-hybridized carbons (Fsp3) is 0.353. The molecule has 4 heterocycles. The van der Waals surface area contributed by atoms with Crippen LogP contribution in [0, 0.1) is 6.92 Å². The van der Waals surface area contributed by atoms with Crippen LogP contribution in [0.4, 0.5) is 5.82 Å². The standard InChI is InChI=1S/C17H19N5OS/c1-13-11-15-16(18-4-7-22(15)19-13)20-5-2-6-21(9-8-20)17(23)14-3-10-24-12-14/h3-4,7,10-12H,2,5-6,8-9H2,1H3. The van der Waals surface area contributed by atoms with Crippen molar-refractivity contribution >= 4 is 28.6 Å². The molecule has 0 aliphatic carbocycles. The Bertz CT molecular complexity index is 857. The van der Waals surface area contributed by atoms with Crippen LogP contribution in [-0.4, -0.2) is 51.6 Å². The van der Waals surface area contributed by atoms with Crippen molar-refractivity contribution in [3.63, 3.8) is 0 Å². The highest BCUT2D eigenvalue weighted by atomic mass is 32.1. The molecular weight excluding hydrogens is 322 g/mol. The summed E-state index contributed by atoms with van der Waals surface area (Å²) in [5, 5.41) is 8.32. The molecule has 0 N–H and O–H groups in total. The summed E-state index contributed by atoms with van der Waals surface area (Å²) in [6.45, 7) is 5.16. The Balaban J connectivity index is 1.55. The second kappa shape index (κ2) is 6.24. The van der Waals surface area contributed by atoms with Gasteiger partial charge in [-0.3, -0.25) is 4.79 Å². The molecule has 3 aromatic rings. The summed E-state index contributed by atoms with van der Waals surface area (Å²) in [6, 6.07) is 3.95. The number of fused-ring (bicyclic) bond motifs is 1. The lowest BCUT2D eigenvalue weighted by atomic mass is 10.3. The predicted octanol–water partition coefficient (Wildman–Crippen LogP) is 2.45. The first kappa shape index (κ1) is 15.1. The van der Waals surface area contributed by atoms with E-state index in [0.29, 0.717) is 6.54 Å². The minimum atomic E-state index is 0.129. The second-order valence-corrected chi connectivity index (χ2v) is 6.79. The van der Waals surface area contributed by atoms with Crippen LogP contribution in [0.2, 0.25) is 0 Å². The van der Waals surface area contributed by atoms with Gasteiger partial charge in [0.2, 0.25) is 0 Å². The van der Waals surface area contributed by atoms with Gasteiger partial charge in [0, 0.05) is 44.0 Å².